The number of carbonyl (C=O) groups is 2. The van der Waals surface area contributed by atoms with Gasteiger partial charge in [-0.25, -0.2) is 9.78 Å². The Labute approximate surface area is 172 Å². The highest BCUT2D eigenvalue weighted by molar-refractivity contribution is 7.99. The van der Waals surface area contributed by atoms with Crippen LogP contribution in [0.4, 0.5) is 4.79 Å². The Bertz CT molecular complexity index is 1120. The minimum absolute atomic E-state index is 0.0888. The van der Waals surface area contributed by atoms with Crippen LogP contribution in [0.1, 0.15) is 18.1 Å². The highest BCUT2D eigenvalue weighted by Crippen LogP contribution is 2.25. The molecule has 8 heteroatoms. The van der Waals surface area contributed by atoms with E-state index in [4.69, 9.17) is 4.74 Å². The van der Waals surface area contributed by atoms with E-state index in [1.54, 1.807) is 31.2 Å². The number of aromatic nitrogens is 2. The summed E-state index contributed by atoms with van der Waals surface area (Å²) >= 11 is 1.09. The van der Waals surface area contributed by atoms with Crippen molar-refractivity contribution >= 4 is 34.7 Å². The van der Waals surface area contributed by atoms with E-state index in [2.05, 4.69) is 10.3 Å². The molecule has 0 radical (unpaired) electrons. The van der Waals surface area contributed by atoms with Gasteiger partial charge in [0, 0.05) is 0 Å². The molecule has 1 N–H and O–H groups in total. The summed E-state index contributed by atoms with van der Waals surface area (Å²) in [6, 6.07) is 12.9. The van der Waals surface area contributed by atoms with E-state index in [0.29, 0.717) is 16.1 Å². The first-order valence-corrected chi connectivity index (χ1v) is 10.1. The smallest absolute Gasteiger partial charge is 0.413 e. The fourth-order valence-electron chi connectivity index (χ4n) is 3.01. The van der Waals surface area contributed by atoms with Crippen LogP contribution >= 0.6 is 11.8 Å². The fourth-order valence-corrected chi connectivity index (χ4v) is 3.81. The van der Waals surface area contributed by atoms with Gasteiger partial charge in [0.05, 0.1) is 29.0 Å². The molecular formula is C21H21N3O4S. The molecule has 0 aliphatic heterocycles. The van der Waals surface area contributed by atoms with Crippen molar-refractivity contribution in [3.8, 4) is 5.69 Å². The first kappa shape index (κ1) is 20.6. The minimum atomic E-state index is -0.795. The molecule has 150 valence electrons. The zero-order chi connectivity index (χ0) is 21.0. The Hall–Kier alpha value is -3.13. The van der Waals surface area contributed by atoms with Crippen LogP contribution < -0.4 is 10.9 Å². The summed E-state index contributed by atoms with van der Waals surface area (Å²) in [7, 11) is 0. The number of imide groups is 1. The van der Waals surface area contributed by atoms with Crippen molar-refractivity contribution in [2.24, 2.45) is 0 Å². The van der Waals surface area contributed by atoms with Crippen molar-refractivity contribution in [3.63, 3.8) is 0 Å². The zero-order valence-corrected chi connectivity index (χ0v) is 17.2. The van der Waals surface area contributed by atoms with Crippen molar-refractivity contribution in [2.45, 2.75) is 25.9 Å². The highest BCUT2D eigenvalue weighted by Gasteiger charge is 2.18. The van der Waals surface area contributed by atoms with E-state index in [1.807, 2.05) is 32.0 Å². The lowest BCUT2D eigenvalue weighted by molar-refractivity contribution is -0.117. The lowest BCUT2D eigenvalue weighted by Crippen LogP contribution is -2.32. The minimum Gasteiger partial charge on any atom is -0.450 e. The highest BCUT2D eigenvalue weighted by atomic mass is 32.2. The van der Waals surface area contributed by atoms with Gasteiger partial charge in [-0.1, -0.05) is 42.1 Å². The van der Waals surface area contributed by atoms with Gasteiger partial charge in [-0.05, 0) is 44.0 Å². The lowest BCUT2D eigenvalue weighted by atomic mass is 10.1. The summed E-state index contributed by atoms with van der Waals surface area (Å²) in [6.45, 7) is 5.67. The largest absolute Gasteiger partial charge is 0.450 e. The fraction of sp³-hybridized carbons (Fsp3) is 0.238. The molecule has 0 saturated heterocycles. The number of thioether (sulfide) groups is 1. The summed E-state index contributed by atoms with van der Waals surface area (Å²) in [5.41, 5.74) is 2.92. The third kappa shape index (κ3) is 4.48. The molecule has 0 fully saturated rings. The number of fused-ring (bicyclic) bond motifs is 1. The second-order valence-electron chi connectivity index (χ2n) is 6.35. The van der Waals surface area contributed by atoms with Gasteiger partial charge in [0.15, 0.2) is 5.16 Å². The summed E-state index contributed by atoms with van der Waals surface area (Å²) in [5.74, 6) is -0.613. The number of ether oxygens (including phenoxy) is 1. The van der Waals surface area contributed by atoms with E-state index in [0.717, 1.165) is 28.6 Å². The number of hydrogen-bond acceptors (Lipinski definition) is 6. The van der Waals surface area contributed by atoms with E-state index < -0.39 is 12.0 Å². The van der Waals surface area contributed by atoms with Crippen molar-refractivity contribution in [1.29, 1.82) is 0 Å². The Morgan fingerprint density at radius 1 is 1.10 bits per heavy atom. The maximum atomic E-state index is 13.3. The summed E-state index contributed by atoms with van der Waals surface area (Å²) in [6.07, 6.45) is -0.795. The van der Waals surface area contributed by atoms with Crippen LogP contribution in [0.2, 0.25) is 0 Å². The average molecular weight is 411 g/mol. The number of hydrogen-bond donors (Lipinski definition) is 1. The molecule has 1 heterocycles. The van der Waals surface area contributed by atoms with Crippen LogP contribution in [0.3, 0.4) is 0 Å². The molecule has 3 aromatic rings. The molecule has 0 spiro atoms. The molecule has 0 unspecified atom stereocenters. The van der Waals surface area contributed by atoms with Gasteiger partial charge in [0.2, 0.25) is 5.91 Å². The van der Waals surface area contributed by atoms with E-state index in [9.17, 15) is 14.4 Å². The maximum Gasteiger partial charge on any atom is 0.413 e. The normalized spacial score (nSPS) is 10.7. The van der Waals surface area contributed by atoms with Crippen LogP contribution in [0.25, 0.3) is 16.6 Å². The molecule has 1 aromatic heterocycles. The monoisotopic (exact) mass is 411 g/mol. The second kappa shape index (κ2) is 8.91. The van der Waals surface area contributed by atoms with Crippen LogP contribution in [-0.2, 0) is 9.53 Å². The molecule has 2 amide bonds. The number of rotatable bonds is 5. The Morgan fingerprint density at radius 2 is 1.79 bits per heavy atom. The van der Waals surface area contributed by atoms with Crippen LogP contribution in [-0.4, -0.2) is 33.9 Å². The van der Waals surface area contributed by atoms with Crippen molar-refractivity contribution in [1.82, 2.24) is 14.9 Å². The molecular weight excluding hydrogens is 390 g/mol. The molecule has 0 aliphatic rings. The molecule has 0 aliphatic carbocycles. The number of amides is 2. The third-order valence-electron chi connectivity index (χ3n) is 4.26. The standard InChI is InChI=1S/C21H21N3O4S/c1-4-28-21(27)23-17(25)12-29-20-22-16-11-6-5-10-15(16)19(26)24(20)18-13(2)8-7-9-14(18)3/h5-11H,4,12H2,1-3H3,(H,23,25,27). The third-order valence-corrected chi connectivity index (χ3v) is 5.20. The predicted octanol–water partition coefficient (Wildman–Crippen LogP) is 3.37. The maximum absolute atomic E-state index is 13.3. The predicted molar refractivity (Wildman–Crippen MR) is 113 cm³/mol. The van der Waals surface area contributed by atoms with Gasteiger partial charge in [0.1, 0.15) is 0 Å². The van der Waals surface area contributed by atoms with E-state index in [-0.39, 0.29) is 17.9 Å². The molecule has 0 atom stereocenters. The van der Waals surface area contributed by atoms with Crippen LogP contribution in [0.5, 0.6) is 0 Å². The number of nitrogens with zero attached hydrogens (tertiary/aromatic N) is 2. The molecule has 7 nitrogen and oxygen atoms in total. The SMILES string of the molecule is CCOC(=O)NC(=O)CSc1nc2ccccc2c(=O)n1-c1c(C)cccc1C. The van der Waals surface area contributed by atoms with Gasteiger partial charge in [-0.3, -0.25) is 19.5 Å². The zero-order valence-electron chi connectivity index (χ0n) is 16.4. The Balaban J connectivity index is 2.05. The summed E-state index contributed by atoms with van der Waals surface area (Å²) in [5, 5.41) is 3.02. The van der Waals surface area contributed by atoms with E-state index >= 15 is 0 Å². The van der Waals surface area contributed by atoms with Crippen LogP contribution in [0, 0.1) is 13.8 Å². The second-order valence-corrected chi connectivity index (χ2v) is 7.29. The Morgan fingerprint density at radius 3 is 2.48 bits per heavy atom. The van der Waals surface area contributed by atoms with Gasteiger partial charge >= 0.3 is 6.09 Å². The molecule has 0 saturated carbocycles. The Kier molecular flexibility index (Phi) is 6.33. The number of aryl methyl sites for hydroxylation is 2. The first-order valence-electron chi connectivity index (χ1n) is 9.10. The number of nitrogens with one attached hydrogen (secondary N) is 1. The molecule has 0 bridgehead atoms. The van der Waals surface area contributed by atoms with Crippen molar-refractivity contribution in [2.75, 3.05) is 12.4 Å². The molecule has 3 rings (SSSR count). The topological polar surface area (TPSA) is 90.3 Å². The quantitative estimate of drug-likeness (QED) is 0.511. The number of benzene rings is 2. The first-order chi connectivity index (χ1) is 13.9. The molecule has 29 heavy (non-hydrogen) atoms. The number of para-hydroxylation sites is 2. The van der Waals surface area contributed by atoms with Crippen molar-refractivity contribution in [3.05, 3.63) is 63.9 Å². The van der Waals surface area contributed by atoms with Crippen molar-refractivity contribution < 1.29 is 14.3 Å². The number of alkyl carbamates (subject to hydrolysis) is 1. The van der Waals surface area contributed by atoms with Gasteiger partial charge in [-0.15, -0.1) is 0 Å². The van der Waals surface area contributed by atoms with E-state index in [1.165, 1.54) is 4.57 Å². The summed E-state index contributed by atoms with van der Waals surface area (Å²) in [4.78, 5) is 41.4. The molecule has 2 aromatic carbocycles. The summed E-state index contributed by atoms with van der Waals surface area (Å²) < 4.78 is 6.25. The van der Waals surface area contributed by atoms with Crippen LogP contribution in [0.15, 0.2) is 52.4 Å². The average Bonchev–Trinajstić information content (AvgIpc) is 2.68. The number of carbonyl (C=O) groups excluding carboxylic acids is 2. The van der Waals surface area contributed by atoms with Gasteiger partial charge in [-0.2, -0.15) is 0 Å². The van der Waals surface area contributed by atoms with Gasteiger partial charge < -0.3 is 4.74 Å². The van der Waals surface area contributed by atoms with Gasteiger partial charge in [0.25, 0.3) is 5.56 Å². The lowest BCUT2D eigenvalue weighted by Gasteiger charge is -2.17.